The van der Waals surface area contributed by atoms with Gasteiger partial charge in [-0.3, -0.25) is 4.90 Å². The van der Waals surface area contributed by atoms with Crippen LogP contribution in [0.3, 0.4) is 0 Å². The lowest BCUT2D eigenvalue weighted by Gasteiger charge is -2.32. The first kappa shape index (κ1) is 27.4. The van der Waals surface area contributed by atoms with Crippen LogP contribution in [-0.4, -0.2) is 41.3 Å². The SMILES string of the molecule is NCc1ccc(-c2cccc(CNC3CCN(Cc4ccccc4)CC3)c2)cc1.O=C(O)C(F)(F)F. The van der Waals surface area contributed by atoms with Crippen molar-refractivity contribution in [1.82, 2.24) is 10.2 Å². The second-order valence-corrected chi connectivity index (χ2v) is 8.82. The molecule has 0 spiro atoms. The minimum absolute atomic E-state index is 0.592. The molecule has 3 aromatic rings. The van der Waals surface area contributed by atoms with E-state index in [9.17, 15) is 13.2 Å². The van der Waals surface area contributed by atoms with Gasteiger partial charge in [0.1, 0.15) is 0 Å². The van der Waals surface area contributed by atoms with Gasteiger partial charge in [0.25, 0.3) is 0 Å². The van der Waals surface area contributed by atoms with Crippen LogP contribution < -0.4 is 11.1 Å². The van der Waals surface area contributed by atoms with Crippen molar-refractivity contribution >= 4 is 5.97 Å². The Morgan fingerprint density at radius 3 is 2.08 bits per heavy atom. The molecule has 0 aromatic heterocycles. The molecule has 1 heterocycles. The molecule has 0 atom stereocenters. The van der Waals surface area contributed by atoms with E-state index in [1.807, 2.05) is 0 Å². The van der Waals surface area contributed by atoms with E-state index in [-0.39, 0.29) is 0 Å². The molecule has 0 amide bonds. The second kappa shape index (κ2) is 13.2. The summed E-state index contributed by atoms with van der Waals surface area (Å²) in [6, 6.07) is 28.8. The Hall–Kier alpha value is -3.20. The molecule has 36 heavy (non-hydrogen) atoms. The summed E-state index contributed by atoms with van der Waals surface area (Å²) in [4.78, 5) is 11.5. The van der Waals surface area contributed by atoms with Gasteiger partial charge < -0.3 is 16.2 Å². The maximum Gasteiger partial charge on any atom is 0.490 e. The highest BCUT2D eigenvalue weighted by molar-refractivity contribution is 5.73. The summed E-state index contributed by atoms with van der Waals surface area (Å²) in [5.74, 6) is -2.76. The topological polar surface area (TPSA) is 78.6 Å². The van der Waals surface area contributed by atoms with Gasteiger partial charge in [-0.25, -0.2) is 4.79 Å². The molecule has 3 aromatic carbocycles. The van der Waals surface area contributed by atoms with Crippen LogP contribution in [-0.2, 0) is 24.4 Å². The van der Waals surface area contributed by atoms with Gasteiger partial charge in [0.05, 0.1) is 0 Å². The molecule has 1 saturated heterocycles. The Kier molecular flexibility index (Phi) is 10.0. The summed E-state index contributed by atoms with van der Waals surface area (Å²) < 4.78 is 31.7. The highest BCUT2D eigenvalue weighted by Gasteiger charge is 2.38. The van der Waals surface area contributed by atoms with Crippen LogP contribution in [0.4, 0.5) is 13.2 Å². The van der Waals surface area contributed by atoms with Crippen LogP contribution in [0.2, 0.25) is 0 Å². The van der Waals surface area contributed by atoms with Crippen LogP contribution in [0.1, 0.15) is 29.5 Å². The molecular formula is C28H32F3N3O2. The molecule has 4 N–H and O–H groups in total. The van der Waals surface area contributed by atoms with Crippen molar-refractivity contribution in [2.24, 2.45) is 5.73 Å². The Labute approximate surface area is 209 Å². The summed E-state index contributed by atoms with van der Waals surface area (Å²) >= 11 is 0. The first-order valence-electron chi connectivity index (χ1n) is 11.9. The van der Waals surface area contributed by atoms with Crippen molar-refractivity contribution < 1.29 is 23.1 Å². The summed E-state index contributed by atoms with van der Waals surface area (Å²) in [6.07, 6.45) is -2.65. The molecule has 1 aliphatic rings. The fourth-order valence-corrected chi connectivity index (χ4v) is 4.09. The maximum atomic E-state index is 10.6. The van der Waals surface area contributed by atoms with Gasteiger partial charge in [-0.1, -0.05) is 72.8 Å². The highest BCUT2D eigenvalue weighted by Crippen LogP contribution is 2.22. The van der Waals surface area contributed by atoms with Gasteiger partial charge in [-0.05, 0) is 59.8 Å². The number of likely N-dealkylation sites (tertiary alicyclic amines) is 1. The van der Waals surface area contributed by atoms with E-state index in [1.165, 1.54) is 53.7 Å². The Morgan fingerprint density at radius 1 is 0.889 bits per heavy atom. The summed E-state index contributed by atoms with van der Waals surface area (Å²) in [5, 5.41) is 10.9. The van der Waals surface area contributed by atoms with E-state index in [2.05, 4.69) is 89.1 Å². The largest absolute Gasteiger partial charge is 0.490 e. The lowest BCUT2D eigenvalue weighted by molar-refractivity contribution is -0.192. The van der Waals surface area contributed by atoms with Gasteiger partial charge in [0.2, 0.25) is 0 Å². The van der Waals surface area contributed by atoms with E-state index in [0.29, 0.717) is 12.6 Å². The minimum atomic E-state index is -5.08. The summed E-state index contributed by atoms with van der Waals surface area (Å²) in [6.45, 7) is 4.92. The van der Waals surface area contributed by atoms with Gasteiger partial charge in [0, 0.05) is 25.7 Å². The number of piperidine rings is 1. The zero-order valence-electron chi connectivity index (χ0n) is 20.0. The lowest BCUT2D eigenvalue weighted by Crippen LogP contribution is -2.41. The smallest absolute Gasteiger partial charge is 0.475 e. The number of aliphatic carboxylic acids is 1. The first-order valence-corrected chi connectivity index (χ1v) is 11.9. The van der Waals surface area contributed by atoms with E-state index in [4.69, 9.17) is 15.6 Å². The van der Waals surface area contributed by atoms with Crippen molar-refractivity contribution in [3.05, 3.63) is 95.6 Å². The number of nitrogens with one attached hydrogen (secondary N) is 1. The van der Waals surface area contributed by atoms with E-state index < -0.39 is 12.1 Å². The van der Waals surface area contributed by atoms with Crippen LogP contribution in [0, 0.1) is 0 Å². The number of carbonyl (C=O) groups is 1. The Bertz CT molecular complexity index is 1080. The number of nitrogens with two attached hydrogens (primary N) is 1. The minimum Gasteiger partial charge on any atom is -0.475 e. The fourth-order valence-electron chi connectivity index (χ4n) is 4.09. The van der Waals surface area contributed by atoms with Crippen molar-refractivity contribution in [3.63, 3.8) is 0 Å². The number of halogens is 3. The number of hydrogen-bond acceptors (Lipinski definition) is 4. The van der Waals surface area contributed by atoms with Gasteiger partial charge in [-0.2, -0.15) is 13.2 Å². The molecule has 1 fully saturated rings. The molecular weight excluding hydrogens is 467 g/mol. The van der Waals surface area contributed by atoms with E-state index in [1.54, 1.807) is 0 Å². The average Bonchev–Trinajstić information content (AvgIpc) is 2.89. The van der Waals surface area contributed by atoms with Gasteiger partial charge in [0.15, 0.2) is 0 Å². The van der Waals surface area contributed by atoms with Crippen LogP contribution in [0.5, 0.6) is 0 Å². The maximum absolute atomic E-state index is 10.6. The van der Waals surface area contributed by atoms with E-state index >= 15 is 0 Å². The quantitative estimate of drug-likeness (QED) is 0.417. The third kappa shape index (κ3) is 8.78. The number of nitrogens with zero attached hydrogens (tertiary/aromatic N) is 1. The molecule has 5 nitrogen and oxygen atoms in total. The van der Waals surface area contributed by atoms with Crippen molar-refractivity contribution in [2.75, 3.05) is 13.1 Å². The normalized spacial score (nSPS) is 14.7. The van der Waals surface area contributed by atoms with Crippen molar-refractivity contribution in [1.29, 1.82) is 0 Å². The summed E-state index contributed by atoms with van der Waals surface area (Å²) in [5.41, 5.74) is 12.2. The predicted octanol–water partition coefficient (Wildman–Crippen LogP) is 5.20. The molecule has 1 aliphatic heterocycles. The number of hydrogen-bond donors (Lipinski definition) is 3. The van der Waals surface area contributed by atoms with Gasteiger partial charge >= 0.3 is 12.1 Å². The lowest BCUT2D eigenvalue weighted by atomic mass is 10.0. The zero-order valence-corrected chi connectivity index (χ0v) is 20.0. The van der Waals surface area contributed by atoms with Crippen molar-refractivity contribution in [3.8, 4) is 11.1 Å². The molecule has 4 rings (SSSR count). The number of carboxylic acid groups (broad SMARTS) is 1. The predicted molar refractivity (Wildman–Crippen MR) is 135 cm³/mol. The van der Waals surface area contributed by atoms with Crippen LogP contribution >= 0.6 is 0 Å². The third-order valence-corrected chi connectivity index (χ3v) is 6.12. The monoisotopic (exact) mass is 499 g/mol. The Balaban J connectivity index is 0.000000454. The molecule has 0 aliphatic carbocycles. The van der Waals surface area contributed by atoms with Gasteiger partial charge in [-0.15, -0.1) is 0 Å². The zero-order chi connectivity index (χ0) is 26.0. The number of rotatable bonds is 7. The average molecular weight is 500 g/mol. The number of benzene rings is 3. The summed E-state index contributed by atoms with van der Waals surface area (Å²) in [7, 11) is 0. The molecule has 192 valence electrons. The third-order valence-electron chi connectivity index (χ3n) is 6.12. The van der Waals surface area contributed by atoms with Crippen molar-refractivity contribution in [2.45, 2.75) is 44.7 Å². The highest BCUT2D eigenvalue weighted by atomic mass is 19.4. The number of alkyl halides is 3. The first-order chi connectivity index (χ1) is 17.2. The van der Waals surface area contributed by atoms with Crippen LogP contribution in [0.25, 0.3) is 11.1 Å². The molecule has 0 radical (unpaired) electrons. The standard InChI is InChI=1S/C26H31N3.C2HF3O2/c27-18-21-9-11-24(12-10-21)25-8-4-7-23(17-25)19-28-26-13-15-29(16-14-26)20-22-5-2-1-3-6-22;3-2(4,5)1(6)7/h1-12,17,26,28H,13-16,18-20,27H2;(H,6,7). The Morgan fingerprint density at radius 2 is 1.50 bits per heavy atom. The van der Waals surface area contributed by atoms with Crippen LogP contribution in [0.15, 0.2) is 78.9 Å². The molecule has 0 unspecified atom stereocenters. The number of carboxylic acids is 1. The molecule has 8 heteroatoms. The fraction of sp³-hybridized carbons (Fsp3) is 0.321. The molecule has 0 saturated carbocycles. The molecule has 0 bridgehead atoms. The van der Waals surface area contributed by atoms with E-state index in [0.717, 1.165) is 13.1 Å². The second-order valence-electron chi connectivity index (χ2n) is 8.82.